The topological polar surface area (TPSA) is 35.5 Å². The van der Waals surface area contributed by atoms with Crippen molar-refractivity contribution in [1.29, 1.82) is 0 Å². The monoisotopic (exact) mass is 390 g/mol. The molecule has 0 fully saturated rings. The van der Waals surface area contributed by atoms with E-state index in [1.165, 1.54) is 5.56 Å². The van der Waals surface area contributed by atoms with Crippen molar-refractivity contribution < 1.29 is 14.3 Å². The molecule has 2 rings (SSSR count). The average molecular weight is 391 g/mol. The second-order valence-electron chi connectivity index (χ2n) is 6.74. The van der Waals surface area contributed by atoms with Crippen LogP contribution in [0.2, 0.25) is 0 Å². The second-order valence-corrected chi connectivity index (χ2v) is 7.60. The summed E-state index contributed by atoms with van der Waals surface area (Å²) >= 11 is 3.53. The van der Waals surface area contributed by atoms with Crippen molar-refractivity contribution in [1.82, 2.24) is 0 Å². The molecule has 0 saturated heterocycles. The van der Waals surface area contributed by atoms with Crippen molar-refractivity contribution >= 4 is 21.9 Å². The van der Waals surface area contributed by atoms with Gasteiger partial charge in [0.2, 0.25) is 0 Å². The van der Waals surface area contributed by atoms with Crippen molar-refractivity contribution in [2.75, 3.05) is 0 Å². The first-order valence-electron chi connectivity index (χ1n) is 7.92. The summed E-state index contributed by atoms with van der Waals surface area (Å²) in [6.07, 6.45) is 0.199. The van der Waals surface area contributed by atoms with E-state index in [1.54, 1.807) is 0 Å². The molecule has 0 spiro atoms. The Morgan fingerprint density at radius 3 is 2.50 bits per heavy atom. The standard InChI is InChI=1S/C20H23BrO3/c1-14-9-10-15(11-17(14)21)13-23-18-8-6-5-7-16(18)12-19(22)24-20(2,3)4/h5-11H,12-13H2,1-4H3. The number of hydrogen-bond acceptors (Lipinski definition) is 3. The SMILES string of the molecule is Cc1ccc(COc2ccccc2CC(=O)OC(C)(C)C)cc1Br. The van der Waals surface area contributed by atoms with Crippen molar-refractivity contribution in [3.8, 4) is 5.75 Å². The first kappa shape index (κ1) is 18.5. The first-order valence-corrected chi connectivity index (χ1v) is 8.71. The van der Waals surface area contributed by atoms with E-state index in [2.05, 4.69) is 22.0 Å². The van der Waals surface area contributed by atoms with Gasteiger partial charge in [0, 0.05) is 10.0 Å². The van der Waals surface area contributed by atoms with Crippen LogP contribution in [0, 0.1) is 6.92 Å². The molecule has 0 amide bonds. The van der Waals surface area contributed by atoms with Crippen LogP contribution in [0.4, 0.5) is 0 Å². The van der Waals surface area contributed by atoms with Crippen molar-refractivity contribution in [2.24, 2.45) is 0 Å². The Labute approximate surface area is 152 Å². The molecule has 0 radical (unpaired) electrons. The summed E-state index contributed by atoms with van der Waals surface area (Å²) in [5.74, 6) is 0.455. The number of aryl methyl sites for hydroxylation is 1. The number of carbonyl (C=O) groups excluding carboxylic acids is 1. The molecule has 0 unspecified atom stereocenters. The Bertz CT molecular complexity index is 717. The maximum Gasteiger partial charge on any atom is 0.310 e. The van der Waals surface area contributed by atoms with Crippen LogP contribution >= 0.6 is 15.9 Å². The number of ether oxygens (including phenoxy) is 2. The van der Waals surface area contributed by atoms with Gasteiger partial charge < -0.3 is 9.47 Å². The molecular weight excluding hydrogens is 368 g/mol. The van der Waals surface area contributed by atoms with Crippen molar-refractivity contribution in [2.45, 2.75) is 46.3 Å². The average Bonchev–Trinajstić information content (AvgIpc) is 2.48. The van der Waals surface area contributed by atoms with Crippen molar-refractivity contribution in [3.63, 3.8) is 0 Å². The summed E-state index contributed by atoms with van der Waals surface area (Å²) in [7, 11) is 0. The lowest BCUT2D eigenvalue weighted by Gasteiger charge is -2.20. The van der Waals surface area contributed by atoms with Gasteiger partial charge in [-0.15, -0.1) is 0 Å². The molecule has 24 heavy (non-hydrogen) atoms. The Morgan fingerprint density at radius 1 is 1.12 bits per heavy atom. The predicted octanol–water partition coefficient (Wildman–Crippen LogP) is 5.22. The van der Waals surface area contributed by atoms with Crippen LogP contribution in [0.25, 0.3) is 0 Å². The minimum Gasteiger partial charge on any atom is -0.489 e. The fraction of sp³-hybridized carbons (Fsp3) is 0.350. The highest BCUT2D eigenvalue weighted by Crippen LogP contribution is 2.23. The maximum atomic E-state index is 12.1. The Hall–Kier alpha value is -1.81. The zero-order valence-electron chi connectivity index (χ0n) is 14.6. The number of halogens is 1. The van der Waals surface area contributed by atoms with Crippen LogP contribution in [0.5, 0.6) is 5.75 Å². The third kappa shape index (κ3) is 5.68. The van der Waals surface area contributed by atoms with E-state index in [1.807, 2.05) is 64.1 Å². The lowest BCUT2D eigenvalue weighted by molar-refractivity contribution is -0.153. The van der Waals surface area contributed by atoms with Gasteiger partial charge in [-0.2, -0.15) is 0 Å². The van der Waals surface area contributed by atoms with Gasteiger partial charge in [0.05, 0.1) is 6.42 Å². The van der Waals surface area contributed by atoms with Crippen LogP contribution in [0.1, 0.15) is 37.5 Å². The molecule has 0 aromatic heterocycles. The van der Waals surface area contributed by atoms with Gasteiger partial charge in [-0.3, -0.25) is 4.79 Å². The van der Waals surface area contributed by atoms with Gasteiger partial charge >= 0.3 is 5.97 Å². The van der Waals surface area contributed by atoms with Gasteiger partial charge in [-0.25, -0.2) is 0 Å². The normalized spacial score (nSPS) is 11.2. The number of hydrogen-bond donors (Lipinski definition) is 0. The van der Waals surface area contributed by atoms with Crippen LogP contribution in [-0.2, 0) is 22.6 Å². The number of carbonyl (C=O) groups is 1. The van der Waals surface area contributed by atoms with Crippen LogP contribution < -0.4 is 4.74 Å². The Balaban J connectivity index is 2.05. The van der Waals surface area contributed by atoms with Gasteiger partial charge in [0.1, 0.15) is 18.0 Å². The summed E-state index contributed by atoms with van der Waals surface area (Å²) in [6.45, 7) is 8.09. The van der Waals surface area contributed by atoms with E-state index < -0.39 is 5.60 Å². The van der Waals surface area contributed by atoms with Gasteiger partial charge in [-0.05, 0) is 51.0 Å². The molecular formula is C20H23BrO3. The summed E-state index contributed by atoms with van der Waals surface area (Å²) in [4.78, 5) is 12.1. The quantitative estimate of drug-likeness (QED) is 0.656. The summed E-state index contributed by atoms with van der Waals surface area (Å²) in [6, 6.07) is 13.7. The molecule has 0 atom stereocenters. The third-order valence-corrected chi connectivity index (χ3v) is 4.21. The van der Waals surface area contributed by atoms with E-state index in [9.17, 15) is 4.79 Å². The Kier molecular flexibility index (Phi) is 6.05. The molecule has 0 aliphatic heterocycles. The fourth-order valence-corrected chi connectivity index (χ4v) is 2.64. The lowest BCUT2D eigenvalue weighted by Crippen LogP contribution is -2.25. The zero-order valence-corrected chi connectivity index (χ0v) is 16.1. The van der Waals surface area contributed by atoms with E-state index in [0.29, 0.717) is 12.4 Å². The minimum atomic E-state index is -0.485. The molecule has 128 valence electrons. The van der Waals surface area contributed by atoms with Gasteiger partial charge in [-0.1, -0.05) is 46.3 Å². The summed E-state index contributed by atoms with van der Waals surface area (Å²) < 4.78 is 12.4. The van der Waals surface area contributed by atoms with E-state index in [4.69, 9.17) is 9.47 Å². The lowest BCUT2D eigenvalue weighted by atomic mass is 10.1. The first-order chi connectivity index (χ1) is 11.2. The van der Waals surface area contributed by atoms with Gasteiger partial charge in [0.15, 0.2) is 0 Å². The molecule has 0 bridgehead atoms. The molecule has 2 aromatic rings. The van der Waals surface area contributed by atoms with E-state index >= 15 is 0 Å². The molecule has 0 N–H and O–H groups in total. The molecule has 3 nitrogen and oxygen atoms in total. The minimum absolute atomic E-state index is 0.199. The fourth-order valence-electron chi connectivity index (χ4n) is 2.21. The Morgan fingerprint density at radius 2 is 1.83 bits per heavy atom. The number of esters is 1. The summed E-state index contributed by atoms with van der Waals surface area (Å²) in [5, 5.41) is 0. The largest absolute Gasteiger partial charge is 0.489 e. The highest BCUT2D eigenvalue weighted by Gasteiger charge is 2.18. The number of para-hydroxylation sites is 1. The zero-order chi connectivity index (χ0) is 17.7. The van der Waals surface area contributed by atoms with E-state index in [0.717, 1.165) is 15.6 Å². The second kappa shape index (κ2) is 7.84. The smallest absolute Gasteiger partial charge is 0.310 e. The highest BCUT2D eigenvalue weighted by molar-refractivity contribution is 9.10. The molecule has 2 aromatic carbocycles. The van der Waals surface area contributed by atoms with Gasteiger partial charge in [0.25, 0.3) is 0 Å². The number of rotatable bonds is 5. The third-order valence-electron chi connectivity index (χ3n) is 3.36. The maximum absolute atomic E-state index is 12.1. The summed E-state index contributed by atoms with van der Waals surface area (Å²) in [5.41, 5.74) is 2.60. The van der Waals surface area contributed by atoms with Crippen molar-refractivity contribution in [3.05, 3.63) is 63.6 Å². The van der Waals surface area contributed by atoms with Crippen LogP contribution in [0.3, 0.4) is 0 Å². The predicted molar refractivity (Wildman–Crippen MR) is 99.2 cm³/mol. The molecule has 0 aliphatic rings. The van der Waals surface area contributed by atoms with Crippen LogP contribution in [-0.4, -0.2) is 11.6 Å². The molecule has 4 heteroatoms. The van der Waals surface area contributed by atoms with Crippen LogP contribution in [0.15, 0.2) is 46.9 Å². The molecule has 0 aliphatic carbocycles. The molecule has 0 saturated carbocycles. The molecule has 0 heterocycles. The highest BCUT2D eigenvalue weighted by atomic mass is 79.9. The number of benzene rings is 2. The van der Waals surface area contributed by atoms with E-state index in [-0.39, 0.29) is 12.4 Å².